The molecule has 1 aliphatic carbocycles. The predicted molar refractivity (Wildman–Crippen MR) is 94.4 cm³/mol. The van der Waals surface area contributed by atoms with Crippen molar-refractivity contribution in [1.82, 2.24) is 0 Å². The van der Waals surface area contributed by atoms with Crippen LogP contribution < -0.4 is 0 Å². The fourth-order valence-corrected chi connectivity index (χ4v) is 3.19. The van der Waals surface area contributed by atoms with Crippen molar-refractivity contribution in [1.29, 1.82) is 0 Å². The Morgan fingerprint density at radius 2 is 1.44 bits per heavy atom. The third kappa shape index (κ3) is 4.08. The van der Waals surface area contributed by atoms with Crippen molar-refractivity contribution >= 4 is 11.9 Å². The summed E-state index contributed by atoms with van der Waals surface area (Å²) in [6.45, 7) is 1.86. The Morgan fingerprint density at radius 1 is 0.880 bits per heavy atom. The number of hydrogen-bond acceptors (Lipinski definition) is 4. The first-order valence-electron chi connectivity index (χ1n) is 8.63. The third-order valence-electron chi connectivity index (χ3n) is 4.66. The average molecular weight is 338 g/mol. The van der Waals surface area contributed by atoms with Gasteiger partial charge in [0.1, 0.15) is 11.7 Å². The molecule has 2 aromatic rings. The van der Waals surface area contributed by atoms with E-state index < -0.39 is 11.7 Å². The Hall–Kier alpha value is -2.62. The fraction of sp³-hybridized carbons (Fsp3) is 0.333. The first-order chi connectivity index (χ1) is 12.1. The van der Waals surface area contributed by atoms with Gasteiger partial charge in [-0.15, -0.1) is 0 Å². The lowest BCUT2D eigenvalue weighted by Gasteiger charge is -2.39. The molecule has 0 N–H and O–H groups in total. The molecule has 0 amide bonds. The Bertz CT molecular complexity index is 726. The van der Waals surface area contributed by atoms with E-state index >= 15 is 0 Å². The molecule has 0 heterocycles. The van der Waals surface area contributed by atoms with Gasteiger partial charge in [-0.25, -0.2) is 9.59 Å². The van der Waals surface area contributed by atoms with Gasteiger partial charge in [-0.05, 0) is 56.9 Å². The van der Waals surface area contributed by atoms with E-state index in [1.54, 1.807) is 48.5 Å². The van der Waals surface area contributed by atoms with Crippen LogP contribution in [0.25, 0.3) is 0 Å². The Morgan fingerprint density at radius 3 is 2.04 bits per heavy atom. The largest absolute Gasteiger partial charge is 0.455 e. The molecule has 0 bridgehead atoms. The maximum Gasteiger partial charge on any atom is 0.338 e. The van der Waals surface area contributed by atoms with E-state index in [9.17, 15) is 9.59 Å². The molecule has 0 saturated heterocycles. The summed E-state index contributed by atoms with van der Waals surface area (Å²) in [5, 5.41) is 0. The highest BCUT2D eigenvalue weighted by Crippen LogP contribution is 2.35. The van der Waals surface area contributed by atoms with Gasteiger partial charge in [0.25, 0.3) is 0 Å². The van der Waals surface area contributed by atoms with Crippen LogP contribution in [0.5, 0.6) is 0 Å². The number of ether oxygens (including phenoxy) is 2. The minimum atomic E-state index is -0.810. The molecular formula is C21H22O4. The number of hydrogen-bond donors (Lipinski definition) is 0. The first-order valence-corrected chi connectivity index (χ1v) is 8.63. The molecule has 1 fully saturated rings. The molecule has 0 unspecified atom stereocenters. The Kier molecular flexibility index (Phi) is 5.17. The summed E-state index contributed by atoms with van der Waals surface area (Å²) >= 11 is 0. The topological polar surface area (TPSA) is 52.6 Å². The number of carbonyl (C=O) groups excluding carboxylic acids is 2. The van der Waals surface area contributed by atoms with Crippen molar-refractivity contribution in [2.24, 2.45) is 0 Å². The van der Waals surface area contributed by atoms with E-state index in [1.165, 1.54) is 0 Å². The van der Waals surface area contributed by atoms with E-state index in [2.05, 4.69) is 0 Å². The number of esters is 2. The zero-order chi connectivity index (χ0) is 17.7. The van der Waals surface area contributed by atoms with Crippen LogP contribution in [0.1, 0.15) is 53.3 Å². The molecular weight excluding hydrogens is 316 g/mol. The Balaban J connectivity index is 1.73. The second-order valence-corrected chi connectivity index (χ2v) is 6.57. The molecule has 0 radical (unpaired) electrons. The third-order valence-corrected chi connectivity index (χ3v) is 4.66. The van der Waals surface area contributed by atoms with Crippen LogP contribution in [-0.2, 0) is 9.47 Å². The molecule has 130 valence electrons. The van der Waals surface area contributed by atoms with E-state index in [0.717, 1.165) is 12.8 Å². The SMILES string of the molecule is C[C@@]1(OC(=O)c2ccccc2)CCCC[C@H]1OC(=O)c1ccccc1. The predicted octanol–water partition coefficient (Wildman–Crippen LogP) is 4.40. The second kappa shape index (κ2) is 7.51. The summed E-state index contributed by atoms with van der Waals surface area (Å²) in [5.74, 6) is -0.764. The molecule has 3 rings (SSSR count). The van der Waals surface area contributed by atoms with Crippen molar-refractivity contribution < 1.29 is 19.1 Å². The van der Waals surface area contributed by atoms with Gasteiger partial charge in [-0.1, -0.05) is 36.4 Å². The lowest BCUT2D eigenvalue weighted by Crippen LogP contribution is -2.48. The maximum absolute atomic E-state index is 12.5. The van der Waals surface area contributed by atoms with E-state index in [0.29, 0.717) is 24.0 Å². The molecule has 0 aromatic heterocycles. The fourth-order valence-electron chi connectivity index (χ4n) is 3.19. The van der Waals surface area contributed by atoms with Gasteiger partial charge < -0.3 is 9.47 Å². The smallest absolute Gasteiger partial charge is 0.338 e. The molecule has 4 heteroatoms. The summed E-state index contributed by atoms with van der Waals surface area (Å²) in [4.78, 5) is 24.9. The zero-order valence-electron chi connectivity index (χ0n) is 14.3. The van der Waals surface area contributed by atoms with Crippen LogP contribution in [-0.4, -0.2) is 23.6 Å². The normalized spacial score (nSPS) is 22.8. The van der Waals surface area contributed by atoms with Crippen LogP contribution in [0.3, 0.4) is 0 Å². The molecule has 25 heavy (non-hydrogen) atoms. The molecule has 2 aromatic carbocycles. The highest BCUT2D eigenvalue weighted by atomic mass is 16.6. The van der Waals surface area contributed by atoms with Gasteiger partial charge in [0.2, 0.25) is 0 Å². The molecule has 2 atom stereocenters. The summed E-state index contributed by atoms with van der Waals surface area (Å²) in [6, 6.07) is 17.8. The highest BCUT2D eigenvalue weighted by Gasteiger charge is 2.43. The quantitative estimate of drug-likeness (QED) is 0.775. The lowest BCUT2D eigenvalue weighted by molar-refractivity contribution is -0.106. The van der Waals surface area contributed by atoms with Crippen LogP contribution >= 0.6 is 0 Å². The van der Waals surface area contributed by atoms with Crippen molar-refractivity contribution in [3.63, 3.8) is 0 Å². The van der Waals surface area contributed by atoms with Gasteiger partial charge in [-0.3, -0.25) is 0 Å². The number of benzene rings is 2. The average Bonchev–Trinajstić information content (AvgIpc) is 2.65. The maximum atomic E-state index is 12.5. The van der Waals surface area contributed by atoms with Crippen LogP contribution in [0.4, 0.5) is 0 Å². The molecule has 0 spiro atoms. The van der Waals surface area contributed by atoms with Crippen LogP contribution in [0.2, 0.25) is 0 Å². The van der Waals surface area contributed by atoms with Crippen molar-refractivity contribution in [2.75, 3.05) is 0 Å². The van der Waals surface area contributed by atoms with Gasteiger partial charge in [0.05, 0.1) is 11.1 Å². The molecule has 1 aliphatic rings. The van der Waals surface area contributed by atoms with E-state index in [-0.39, 0.29) is 11.9 Å². The summed E-state index contributed by atoms with van der Waals surface area (Å²) in [6.07, 6.45) is 2.82. The number of carbonyl (C=O) groups is 2. The molecule has 4 nitrogen and oxygen atoms in total. The van der Waals surface area contributed by atoms with Crippen LogP contribution in [0, 0.1) is 0 Å². The van der Waals surface area contributed by atoms with Gasteiger partial charge in [0.15, 0.2) is 0 Å². The lowest BCUT2D eigenvalue weighted by atomic mass is 9.83. The van der Waals surface area contributed by atoms with E-state index in [1.807, 2.05) is 19.1 Å². The second-order valence-electron chi connectivity index (χ2n) is 6.57. The van der Waals surface area contributed by atoms with Crippen molar-refractivity contribution in [3.05, 3.63) is 71.8 Å². The van der Waals surface area contributed by atoms with Gasteiger partial charge >= 0.3 is 11.9 Å². The highest BCUT2D eigenvalue weighted by molar-refractivity contribution is 5.90. The molecule has 0 aliphatic heterocycles. The van der Waals surface area contributed by atoms with Gasteiger partial charge in [0, 0.05) is 0 Å². The monoisotopic (exact) mass is 338 g/mol. The van der Waals surface area contributed by atoms with Crippen molar-refractivity contribution in [3.8, 4) is 0 Å². The number of rotatable bonds is 4. The van der Waals surface area contributed by atoms with E-state index in [4.69, 9.17) is 9.47 Å². The summed E-state index contributed by atoms with van der Waals surface area (Å²) < 4.78 is 11.5. The summed E-state index contributed by atoms with van der Waals surface area (Å²) in [7, 11) is 0. The zero-order valence-corrected chi connectivity index (χ0v) is 14.3. The Labute approximate surface area is 147 Å². The van der Waals surface area contributed by atoms with Gasteiger partial charge in [-0.2, -0.15) is 0 Å². The summed E-state index contributed by atoms with van der Waals surface area (Å²) in [5.41, 5.74) is 0.197. The molecule has 1 saturated carbocycles. The van der Waals surface area contributed by atoms with Crippen molar-refractivity contribution in [2.45, 2.75) is 44.3 Å². The minimum Gasteiger partial charge on any atom is -0.455 e. The standard InChI is InChI=1S/C21H22O4/c1-21(25-20(23)17-12-6-3-7-13-17)15-9-8-14-18(21)24-19(22)16-10-4-2-5-11-16/h2-7,10-13,18H,8-9,14-15H2,1H3/t18-,21-/m1/s1. The first kappa shape index (κ1) is 17.2. The minimum absolute atomic E-state index is 0.380. The van der Waals surface area contributed by atoms with Crippen LogP contribution in [0.15, 0.2) is 60.7 Å².